The molecule has 0 spiro atoms. The minimum absolute atomic E-state index is 0.299. The van der Waals surface area contributed by atoms with Gasteiger partial charge in [0.25, 0.3) is 0 Å². The van der Waals surface area contributed by atoms with E-state index in [1.807, 2.05) is 0 Å². The Morgan fingerprint density at radius 1 is 1.38 bits per heavy atom. The summed E-state index contributed by atoms with van der Waals surface area (Å²) in [6, 6.07) is 4.34. The van der Waals surface area contributed by atoms with Crippen molar-refractivity contribution in [3.8, 4) is 0 Å². The van der Waals surface area contributed by atoms with Crippen LogP contribution >= 0.6 is 11.5 Å². The van der Waals surface area contributed by atoms with Gasteiger partial charge in [0.2, 0.25) is 0 Å². The Morgan fingerprint density at radius 2 is 2.12 bits per heavy atom. The van der Waals surface area contributed by atoms with E-state index in [0.717, 1.165) is 17.1 Å². The molecular weight excluding hydrogens is 227 g/mol. The normalized spacial score (nSPS) is 12.8. The second-order valence-electron chi connectivity index (χ2n) is 3.63. The van der Waals surface area contributed by atoms with Crippen LogP contribution in [-0.2, 0) is 0 Å². The van der Waals surface area contributed by atoms with Crippen molar-refractivity contribution in [3.63, 3.8) is 0 Å². The Balaban J connectivity index is 2.41. The van der Waals surface area contributed by atoms with Crippen LogP contribution in [0.5, 0.6) is 0 Å². The SMILES string of the molecule is Cc1cc(F)ccc1C(O)c1snnc1C. The van der Waals surface area contributed by atoms with E-state index in [0.29, 0.717) is 16.1 Å². The van der Waals surface area contributed by atoms with Crippen LogP contribution in [0, 0.1) is 19.7 Å². The first-order chi connectivity index (χ1) is 7.59. The summed E-state index contributed by atoms with van der Waals surface area (Å²) in [6.45, 7) is 3.56. The lowest BCUT2D eigenvalue weighted by Crippen LogP contribution is -2.02. The largest absolute Gasteiger partial charge is 0.383 e. The van der Waals surface area contributed by atoms with Gasteiger partial charge in [-0.2, -0.15) is 0 Å². The summed E-state index contributed by atoms with van der Waals surface area (Å²) in [5.41, 5.74) is 2.12. The second-order valence-corrected chi connectivity index (χ2v) is 4.41. The molecule has 1 heterocycles. The standard InChI is InChI=1S/C11H11FN2OS/c1-6-5-8(12)3-4-9(6)10(15)11-7(2)13-14-16-11/h3-5,10,15H,1-2H3. The van der Waals surface area contributed by atoms with Crippen molar-refractivity contribution in [2.75, 3.05) is 0 Å². The Bertz CT molecular complexity index is 512. The monoisotopic (exact) mass is 238 g/mol. The van der Waals surface area contributed by atoms with Crippen LogP contribution in [0.25, 0.3) is 0 Å². The van der Waals surface area contributed by atoms with Gasteiger partial charge in [0.15, 0.2) is 0 Å². The lowest BCUT2D eigenvalue weighted by Gasteiger charge is -2.12. The van der Waals surface area contributed by atoms with Crippen molar-refractivity contribution in [2.24, 2.45) is 0 Å². The molecule has 0 radical (unpaired) electrons. The first kappa shape index (κ1) is 11.2. The summed E-state index contributed by atoms with van der Waals surface area (Å²) in [6.07, 6.45) is -0.777. The molecular formula is C11H11FN2OS. The first-order valence-corrected chi connectivity index (χ1v) is 5.60. The maximum absolute atomic E-state index is 12.9. The number of aliphatic hydroxyl groups is 1. The van der Waals surface area contributed by atoms with E-state index in [1.54, 1.807) is 19.9 Å². The van der Waals surface area contributed by atoms with Gasteiger partial charge in [-0.25, -0.2) is 4.39 Å². The molecule has 0 bridgehead atoms. The number of aromatic nitrogens is 2. The number of nitrogens with zero attached hydrogens (tertiary/aromatic N) is 2. The molecule has 0 aliphatic heterocycles. The van der Waals surface area contributed by atoms with Gasteiger partial charge in [-0.15, -0.1) is 5.10 Å². The summed E-state index contributed by atoms with van der Waals surface area (Å²) in [5.74, 6) is -0.299. The van der Waals surface area contributed by atoms with Gasteiger partial charge in [-0.1, -0.05) is 10.6 Å². The van der Waals surface area contributed by atoms with Gasteiger partial charge in [0.1, 0.15) is 11.9 Å². The highest BCUT2D eigenvalue weighted by atomic mass is 32.1. The fourth-order valence-electron chi connectivity index (χ4n) is 1.58. The average Bonchev–Trinajstić information content (AvgIpc) is 2.63. The summed E-state index contributed by atoms with van der Waals surface area (Å²) in [5, 5.41) is 14.0. The maximum atomic E-state index is 12.9. The van der Waals surface area contributed by atoms with Gasteiger partial charge in [-0.3, -0.25) is 0 Å². The predicted octanol–water partition coefficient (Wildman–Crippen LogP) is 2.38. The molecule has 1 unspecified atom stereocenters. The number of halogens is 1. The summed E-state index contributed by atoms with van der Waals surface area (Å²) in [7, 11) is 0. The van der Waals surface area contributed by atoms with Crippen molar-refractivity contribution in [1.82, 2.24) is 9.59 Å². The van der Waals surface area contributed by atoms with E-state index in [9.17, 15) is 9.50 Å². The summed E-state index contributed by atoms with van der Waals surface area (Å²) >= 11 is 1.16. The number of aliphatic hydroxyl groups excluding tert-OH is 1. The smallest absolute Gasteiger partial charge is 0.123 e. The molecule has 5 heteroatoms. The molecule has 84 valence electrons. The number of aryl methyl sites for hydroxylation is 2. The molecule has 0 aliphatic rings. The average molecular weight is 238 g/mol. The van der Waals surface area contributed by atoms with Crippen molar-refractivity contribution >= 4 is 11.5 Å². The second kappa shape index (κ2) is 4.27. The van der Waals surface area contributed by atoms with Crippen LogP contribution in [0.4, 0.5) is 4.39 Å². The number of hydrogen-bond donors (Lipinski definition) is 1. The number of benzene rings is 1. The Kier molecular flexibility index (Phi) is 2.98. The highest BCUT2D eigenvalue weighted by Crippen LogP contribution is 2.28. The Morgan fingerprint density at radius 3 is 2.69 bits per heavy atom. The lowest BCUT2D eigenvalue weighted by molar-refractivity contribution is 0.222. The van der Waals surface area contributed by atoms with E-state index in [-0.39, 0.29) is 5.82 Å². The van der Waals surface area contributed by atoms with Crippen LogP contribution in [0.3, 0.4) is 0 Å². The molecule has 1 aromatic heterocycles. The predicted molar refractivity (Wildman–Crippen MR) is 59.8 cm³/mol. The third-order valence-electron chi connectivity index (χ3n) is 2.46. The molecule has 2 aromatic rings. The molecule has 1 N–H and O–H groups in total. The lowest BCUT2D eigenvalue weighted by atomic mass is 10.0. The molecule has 3 nitrogen and oxygen atoms in total. The van der Waals surface area contributed by atoms with Gasteiger partial charge in [0, 0.05) is 0 Å². The van der Waals surface area contributed by atoms with Crippen LogP contribution in [0.1, 0.15) is 27.8 Å². The minimum atomic E-state index is -0.777. The zero-order valence-corrected chi connectivity index (χ0v) is 9.75. The summed E-state index contributed by atoms with van der Waals surface area (Å²) < 4.78 is 16.7. The molecule has 0 amide bonds. The van der Waals surface area contributed by atoms with Crippen molar-refractivity contribution in [1.29, 1.82) is 0 Å². The summed E-state index contributed by atoms with van der Waals surface area (Å²) in [4.78, 5) is 0.703. The Labute approximate surface area is 96.7 Å². The fraction of sp³-hybridized carbons (Fsp3) is 0.273. The fourth-order valence-corrected chi connectivity index (χ4v) is 2.23. The number of rotatable bonds is 2. The van der Waals surface area contributed by atoms with Crippen LogP contribution in [0.15, 0.2) is 18.2 Å². The minimum Gasteiger partial charge on any atom is -0.383 e. The molecule has 0 aliphatic carbocycles. The van der Waals surface area contributed by atoms with E-state index in [2.05, 4.69) is 9.59 Å². The van der Waals surface area contributed by atoms with E-state index in [1.165, 1.54) is 12.1 Å². The quantitative estimate of drug-likeness (QED) is 0.873. The number of hydrogen-bond acceptors (Lipinski definition) is 4. The van der Waals surface area contributed by atoms with Crippen molar-refractivity contribution in [3.05, 3.63) is 45.7 Å². The molecule has 1 aromatic carbocycles. The molecule has 1 atom stereocenters. The maximum Gasteiger partial charge on any atom is 0.123 e. The zero-order chi connectivity index (χ0) is 11.7. The molecule has 2 rings (SSSR count). The van der Waals surface area contributed by atoms with Gasteiger partial charge in [-0.05, 0) is 48.6 Å². The van der Waals surface area contributed by atoms with Crippen molar-refractivity contribution in [2.45, 2.75) is 20.0 Å². The molecule has 16 heavy (non-hydrogen) atoms. The van der Waals surface area contributed by atoms with Gasteiger partial charge < -0.3 is 5.11 Å². The van der Waals surface area contributed by atoms with E-state index < -0.39 is 6.10 Å². The highest BCUT2D eigenvalue weighted by Gasteiger charge is 2.18. The van der Waals surface area contributed by atoms with Gasteiger partial charge in [0.05, 0.1) is 10.6 Å². The third-order valence-corrected chi connectivity index (χ3v) is 3.34. The molecule has 0 fully saturated rings. The van der Waals surface area contributed by atoms with E-state index in [4.69, 9.17) is 0 Å². The third kappa shape index (κ3) is 1.96. The molecule has 0 saturated carbocycles. The van der Waals surface area contributed by atoms with Crippen LogP contribution < -0.4 is 0 Å². The zero-order valence-electron chi connectivity index (χ0n) is 8.94. The van der Waals surface area contributed by atoms with Gasteiger partial charge >= 0.3 is 0 Å². The van der Waals surface area contributed by atoms with Crippen LogP contribution in [0.2, 0.25) is 0 Å². The molecule has 0 saturated heterocycles. The topological polar surface area (TPSA) is 46.0 Å². The highest BCUT2D eigenvalue weighted by molar-refractivity contribution is 7.05. The first-order valence-electron chi connectivity index (χ1n) is 4.82. The van der Waals surface area contributed by atoms with E-state index >= 15 is 0 Å². The van der Waals surface area contributed by atoms with Crippen LogP contribution in [-0.4, -0.2) is 14.7 Å². The van der Waals surface area contributed by atoms with Crippen molar-refractivity contribution < 1.29 is 9.50 Å². The Hall–Kier alpha value is -1.33.